The van der Waals surface area contributed by atoms with Gasteiger partial charge in [0, 0.05) is 17.3 Å². The first-order valence-electron chi connectivity index (χ1n) is 12.0. The second-order valence-corrected chi connectivity index (χ2v) is 10.2. The number of rotatable bonds is 7. The lowest BCUT2D eigenvalue weighted by atomic mass is 9.75. The molecule has 1 aliphatic rings. The molecule has 3 aromatic rings. The molecule has 0 saturated heterocycles. The molecule has 1 heterocycles. The molecule has 1 aromatic heterocycles. The molecular formula is C26H29F3N4O4. The van der Waals surface area contributed by atoms with Crippen LogP contribution < -0.4 is 15.4 Å². The minimum Gasteiger partial charge on any atom is -0.480 e. The molecule has 0 radical (unpaired) electrons. The Morgan fingerprint density at radius 2 is 1.89 bits per heavy atom. The Morgan fingerprint density at radius 1 is 1.19 bits per heavy atom. The summed E-state index contributed by atoms with van der Waals surface area (Å²) in [7, 11) is 0. The molecule has 2 atom stereocenters. The molecule has 2 aromatic carbocycles. The van der Waals surface area contributed by atoms with Gasteiger partial charge in [-0.05, 0) is 74.1 Å². The number of carboxylic acid groups (broad SMARTS) is 1. The van der Waals surface area contributed by atoms with Gasteiger partial charge >= 0.3 is 12.3 Å². The number of anilines is 2. The van der Waals surface area contributed by atoms with Crippen LogP contribution in [0.2, 0.25) is 0 Å². The van der Waals surface area contributed by atoms with Crippen LogP contribution >= 0.6 is 0 Å². The van der Waals surface area contributed by atoms with Gasteiger partial charge in [0.15, 0.2) is 0 Å². The standard InChI is InChI=1S/C26H29F3N4O4/c1-15(23(35)36)30-22(34)16-6-11-21-20(13-16)32-24(33(21)18-5-4-12-25(2,3)14-18)31-17-7-9-19(10-8-17)37-26(27,28)29/h6-11,13,15,18H,4-5,12,14H2,1-3H3,(H,30,34)(H,31,32)(H,35,36). The molecule has 0 aliphatic heterocycles. The summed E-state index contributed by atoms with van der Waals surface area (Å²) in [5.74, 6) is -1.50. The number of nitrogens with zero attached hydrogens (tertiary/aromatic N) is 2. The van der Waals surface area contributed by atoms with Crippen LogP contribution in [0.1, 0.15) is 62.9 Å². The molecule has 11 heteroatoms. The van der Waals surface area contributed by atoms with E-state index in [2.05, 4.69) is 33.8 Å². The number of nitrogens with one attached hydrogen (secondary N) is 2. The number of carbonyl (C=O) groups is 2. The van der Waals surface area contributed by atoms with Gasteiger partial charge in [-0.25, -0.2) is 4.98 Å². The van der Waals surface area contributed by atoms with Crippen molar-refractivity contribution in [2.24, 2.45) is 5.41 Å². The number of halogens is 3. The fourth-order valence-corrected chi connectivity index (χ4v) is 4.79. The van der Waals surface area contributed by atoms with Gasteiger partial charge in [-0.1, -0.05) is 20.3 Å². The van der Waals surface area contributed by atoms with E-state index in [4.69, 9.17) is 10.1 Å². The third-order valence-electron chi connectivity index (χ3n) is 6.56. The monoisotopic (exact) mass is 518 g/mol. The van der Waals surface area contributed by atoms with E-state index in [0.717, 1.165) is 31.2 Å². The van der Waals surface area contributed by atoms with Gasteiger partial charge in [0.1, 0.15) is 11.8 Å². The molecule has 8 nitrogen and oxygen atoms in total. The Kier molecular flexibility index (Phi) is 7.07. The summed E-state index contributed by atoms with van der Waals surface area (Å²) in [5, 5.41) is 14.7. The number of carbonyl (C=O) groups excluding carboxylic acids is 1. The number of amides is 1. The van der Waals surface area contributed by atoms with Crippen LogP contribution in [-0.4, -0.2) is 38.9 Å². The normalized spacial score (nSPS) is 18.3. The van der Waals surface area contributed by atoms with Crippen LogP contribution in [0.4, 0.5) is 24.8 Å². The summed E-state index contributed by atoms with van der Waals surface area (Å²) >= 11 is 0. The lowest BCUT2D eigenvalue weighted by Gasteiger charge is -2.36. The fraction of sp³-hybridized carbons (Fsp3) is 0.423. The van der Waals surface area contributed by atoms with Crippen LogP contribution in [0, 0.1) is 5.41 Å². The van der Waals surface area contributed by atoms with Crippen LogP contribution in [0.15, 0.2) is 42.5 Å². The Balaban J connectivity index is 1.69. The molecule has 1 aliphatic carbocycles. The molecule has 0 spiro atoms. The van der Waals surface area contributed by atoms with Gasteiger partial charge in [-0.15, -0.1) is 13.2 Å². The van der Waals surface area contributed by atoms with Crippen molar-refractivity contribution in [3.05, 3.63) is 48.0 Å². The number of hydrogen-bond acceptors (Lipinski definition) is 5. The largest absolute Gasteiger partial charge is 0.573 e. The zero-order valence-corrected chi connectivity index (χ0v) is 20.7. The van der Waals surface area contributed by atoms with Crippen molar-refractivity contribution >= 4 is 34.5 Å². The highest BCUT2D eigenvalue weighted by atomic mass is 19.4. The van der Waals surface area contributed by atoms with Gasteiger partial charge in [0.2, 0.25) is 5.95 Å². The summed E-state index contributed by atoms with van der Waals surface area (Å²) in [5.41, 5.74) is 2.26. The first-order chi connectivity index (χ1) is 17.3. The van der Waals surface area contributed by atoms with Gasteiger partial charge in [-0.2, -0.15) is 0 Å². The maximum Gasteiger partial charge on any atom is 0.573 e. The minimum absolute atomic E-state index is 0.121. The number of benzene rings is 2. The minimum atomic E-state index is -4.77. The van der Waals surface area contributed by atoms with Gasteiger partial charge in [-0.3, -0.25) is 9.59 Å². The van der Waals surface area contributed by atoms with Crippen LogP contribution in [0.5, 0.6) is 5.75 Å². The topological polar surface area (TPSA) is 105 Å². The van der Waals surface area contributed by atoms with Crippen molar-refractivity contribution < 1.29 is 32.6 Å². The number of aromatic nitrogens is 2. The average Bonchev–Trinajstić information content (AvgIpc) is 3.15. The number of imidazole rings is 1. The predicted octanol–water partition coefficient (Wildman–Crippen LogP) is 6.02. The Hall–Kier alpha value is -3.76. The van der Waals surface area contributed by atoms with Crippen molar-refractivity contribution in [1.29, 1.82) is 0 Å². The molecule has 0 bridgehead atoms. The van der Waals surface area contributed by atoms with E-state index < -0.39 is 24.3 Å². The van der Waals surface area contributed by atoms with Gasteiger partial charge in [0.25, 0.3) is 5.91 Å². The van der Waals surface area contributed by atoms with E-state index >= 15 is 0 Å². The van der Waals surface area contributed by atoms with E-state index in [0.29, 0.717) is 17.2 Å². The number of alkyl halides is 3. The lowest BCUT2D eigenvalue weighted by Crippen LogP contribution is -2.38. The van der Waals surface area contributed by atoms with Crippen molar-refractivity contribution in [2.45, 2.75) is 64.9 Å². The van der Waals surface area contributed by atoms with E-state index in [-0.39, 0.29) is 22.8 Å². The summed E-state index contributed by atoms with van der Waals surface area (Å²) in [6.07, 6.45) is -0.799. The Labute approximate surface area is 211 Å². The zero-order valence-electron chi connectivity index (χ0n) is 20.7. The van der Waals surface area contributed by atoms with Crippen LogP contribution in [-0.2, 0) is 4.79 Å². The molecule has 1 fully saturated rings. The highest BCUT2D eigenvalue weighted by molar-refractivity contribution is 5.99. The second-order valence-electron chi connectivity index (χ2n) is 10.2. The SMILES string of the molecule is CC(NC(=O)c1ccc2c(c1)nc(Nc1ccc(OC(F)(F)F)cc1)n2C1CCCC(C)(C)C1)C(=O)O. The smallest absolute Gasteiger partial charge is 0.480 e. The van der Waals surface area contributed by atoms with Crippen molar-refractivity contribution in [1.82, 2.24) is 14.9 Å². The number of carboxylic acids is 1. The molecule has 37 heavy (non-hydrogen) atoms. The fourth-order valence-electron chi connectivity index (χ4n) is 4.79. The van der Waals surface area contributed by atoms with Crippen LogP contribution in [0.3, 0.4) is 0 Å². The zero-order chi connectivity index (χ0) is 27.0. The maximum atomic E-state index is 12.6. The molecule has 3 N–H and O–H groups in total. The predicted molar refractivity (Wildman–Crippen MR) is 132 cm³/mol. The molecule has 1 saturated carbocycles. The molecule has 4 rings (SSSR count). The average molecular weight is 519 g/mol. The number of fused-ring (bicyclic) bond motifs is 1. The van der Waals surface area contributed by atoms with E-state index in [1.807, 2.05) is 0 Å². The first kappa shape index (κ1) is 26.3. The number of ether oxygens (including phenoxy) is 1. The molecule has 198 valence electrons. The molecule has 1 amide bonds. The van der Waals surface area contributed by atoms with E-state index in [9.17, 15) is 22.8 Å². The van der Waals surface area contributed by atoms with E-state index in [1.54, 1.807) is 18.2 Å². The van der Waals surface area contributed by atoms with Gasteiger partial charge in [0.05, 0.1) is 11.0 Å². The summed E-state index contributed by atoms with van der Waals surface area (Å²) in [6.45, 7) is 5.82. The summed E-state index contributed by atoms with van der Waals surface area (Å²) in [4.78, 5) is 28.4. The number of hydrogen-bond donors (Lipinski definition) is 3. The van der Waals surface area contributed by atoms with Crippen molar-refractivity contribution in [3.8, 4) is 5.75 Å². The highest BCUT2D eigenvalue weighted by Gasteiger charge is 2.32. The first-order valence-corrected chi connectivity index (χ1v) is 12.0. The van der Waals surface area contributed by atoms with Crippen LogP contribution in [0.25, 0.3) is 11.0 Å². The molecular weight excluding hydrogens is 489 g/mol. The van der Waals surface area contributed by atoms with Gasteiger partial charge < -0.3 is 25.0 Å². The third-order valence-corrected chi connectivity index (χ3v) is 6.56. The lowest BCUT2D eigenvalue weighted by molar-refractivity contribution is -0.274. The highest BCUT2D eigenvalue weighted by Crippen LogP contribution is 2.43. The number of aliphatic carboxylic acids is 1. The Bertz CT molecular complexity index is 1300. The summed E-state index contributed by atoms with van der Waals surface area (Å²) in [6, 6.07) is 9.49. The van der Waals surface area contributed by atoms with Crippen molar-refractivity contribution in [2.75, 3.05) is 5.32 Å². The van der Waals surface area contributed by atoms with Crippen molar-refractivity contribution in [3.63, 3.8) is 0 Å². The summed E-state index contributed by atoms with van der Waals surface area (Å²) < 4.78 is 43.6. The van der Waals surface area contributed by atoms with E-state index in [1.165, 1.54) is 31.2 Å². The maximum absolute atomic E-state index is 12.6. The second kappa shape index (κ2) is 9.95. The third kappa shape index (κ3) is 6.33. The molecule has 2 unspecified atom stereocenters. The Morgan fingerprint density at radius 3 is 2.51 bits per heavy atom. The quantitative estimate of drug-likeness (QED) is 0.353.